The Labute approximate surface area is 175 Å². The van der Waals surface area contributed by atoms with E-state index >= 15 is 0 Å². The maximum absolute atomic E-state index is 12.3. The van der Waals surface area contributed by atoms with Crippen molar-refractivity contribution in [1.82, 2.24) is 25.0 Å². The van der Waals surface area contributed by atoms with Crippen LogP contribution in [0.1, 0.15) is 24.1 Å². The van der Waals surface area contributed by atoms with Gasteiger partial charge in [-0.05, 0) is 51.9 Å². The molecule has 0 radical (unpaired) electrons. The zero-order chi connectivity index (χ0) is 20.4. The summed E-state index contributed by atoms with van der Waals surface area (Å²) in [6.45, 7) is 8.31. The number of hydrogen-bond acceptors (Lipinski definition) is 6. The zero-order valence-electron chi connectivity index (χ0n) is 17.3. The first-order valence-corrected chi connectivity index (χ1v) is 11.0. The lowest BCUT2D eigenvalue weighted by molar-refractivity contribution is -0.119. The minimum absolute atomic E-state index is 0.0304. The number of benzene rings is 1. The molecular weight excluding hydrogens is 384 g/mol. The number of thiazole rings is 1. The van der Waals surface area contributed by atoms with E-state index in [1.54, 1.807) is 11.3 Å². The topological polar surface area (TPSA) is 66.3 Å². The summed E-state index contributed by atoms with van der Waals surface area (Å²) in [6, 6.07) is 8.25. The molecule has 1 aliphatic rings. The van der Waals surface area contributed by atoms with Gasteiger partial charge >= 0.3 is 0 Å². The van der Waals surface area contributed by atoms with Gasteiger partial charge in [-0.15, -0.1) is 0 Å². The molecule has 0 unspecified atom stereocenters. The van der Waals surface area contributed by atoms with Gasteiger partial charge in [0.05, 0.1) is 22.6 Å². The molecule has 0 saturated carbocycles. The predicted molar refractivity (Wildman–Crippen MR) is 118 cm³/mol. The van der Waals surface area contributed by atoms with E-state index in [0.717, 1.165) is 46.5 Å². The number of nitrogens with zero attached hydrogens (tertiary/aromatic N) is 5. The number of likely N-dealkylation sites (tertiary alicyclic amines) is 1. The number of hydrogen-bond donors (Lipinski definition) is 1. The highest BCUT2D eigenvalue weighted by atomic mass is 32.1. The first kappa shape index (κ1) is 19.8. The Kier molecular flexibility index (Phi) is 5.82. The van der Waals surface area contributed by atoms with Gasteiger partial charge in [0.15, 0.2) is 10.8 Å². The number of anilines is 1. The van der Waals surface area contributed by atoms with E-state index in [-0.39, 0.29) is 5.91 Å². The third-order valence-corrected chi connectivity index (χ3v) is 6.58. The average molecular weight is 413 g/mol. The van der Waals surface area contributed by atoms with Crippen LogP contribution < -0.4 is 10.2 Å². The van der Waals surface area contributed by atoms with E-state index in [1.807, 2.05) is 23.6 Å². The van der Waals surface area contributed by atoms with Crippen molar-refractivity contribution in [2.45, 2.75) is 26.7 Å². The molecule has 0 spiro atoms. The number of aryl methyl sites for hydroxylation is 2. The van der Waals surface area contributed by atoms with Gasteiger partial charge in [0.2, 0.25) is 5.91 Å². The number of amides is 1. The van der Waals surface area contributed by atoms with Crippen LogP contribution in [-0.2, 0) is 4.79 Å². The van der Waals surface area contributed by atoms with Crippen LogP contribution in [0, 0.1) is 13.8 Å². The Balaban J connectivity index is 1.42. The molecule has 1 aliphatic heterocycles. The summed E-state index contributed by atoms with van der Waals surface area (Å²) in [4.78, 5) is 21.4. The second-order valence-corrected chi connectivity index (χ2v) is 8.71. The fourth-order valence-electron chi connectivity index (χ4n) is 3.65. The number of rotatable bonds is 7. The first-order valence-electron chi connectivity index (χ1n) is 10.1. The SMILES string of the molecule is Cc1ccc(-n2nc(C)c3sc(N(C)CC(=O)NCCN4CCCC4)nc32)cc1. The van der Waals surface area contributed by atoms with Gasteiger partial charge in [0.25, 0.3) is 0 Å². The fourth-order valence-corrected chi connectivity index (χ4v) is 4.60. The molecule has 3 aromatic rings. The van der Waals surface area contributed by atoms with E-state index in [4.69, 9.17) is 4.98 Å². The third kappa shape index (κ3) is 4.43. The molecule has 7 nitrogen and oxygen atoms in total. The molecule has 1 fully saturated rings. The van der Waals surface area contributed by atoms with Crippen molar-refractivity contribution in [2.24, 2.45) is 0 Å². The van der Waals surface area contributed by atoms with Crippen molar-refractivity contribution in [3.63, 3.8) is 0 Å². The quantitative estimate of drug-likeness (QED) is 0.646. The van der Waals surface area contributed by atoms with Gasteiger partial charge < -0.3 is 15.1 Å². The zero-order valence-corrected chi connectivity index (χ0v) is 18.1. The number of nitrogens with one attached hydrogen (secondary N) is 1. The van der Waals surface area contributed by atoms with E-state index in [1.165, 1.54) is 18.4 Å². The second kappa shape index (κ2) is 8.51. The van der Waals surface area contributed by atoms with Crippen molar-refractivity contribution < 1.29 is 4.79 Å². The first-order chi connectivity index (χ1) is 14.0. The number of aromatic nitrogens is 3. The van der Waals surface area contributed by atoms with E-state index in [2.05, 4.69) is 46.5 Å². The molecule has 1 N–H and O–H groups in total. The van der Waals surface area contributed by atoms with Gasteiger partial charge in [-0.25, -0.2) is 4.68 Å². The standard InChI is InChI=1S/C21H28N6OS/c1-15-6-8-17(9-7-15)27-20-19(16(2)24-27)29-21(23-20)25(3)14-18(28)22-10-13-26-11-4-5-12-26/h6-9H,4-5,10-14H2,1-3H3,(H,22,28). The summed E-state index contributed by atoms with van der Waals surface area (Å²) in [7, 11) is 1.91. The van der Waals surface area contributed by atoms with Crippen molar-refractivity contribution in [3.05, 3.63) is 35.5 Å². The summed E-state index contributed by atoms with van der Waals surface area (Å²) in [5.41, 5.74) is 4.00. The van der Waals surface area contributed by atoms with Crippen LogP contribution in [0.15, 0.2) is 24.3 Å². The Morgan fingerprint density at radius 3 is 2.66 bits per heavy atom. The maximum Gasteiger partial charge on any atom is 0.239 e. The number of carbonyl (C=O) groups is 1. The third-order valence-electron chi connectivity index (χ3n) is 5.31. The van der Waals surface area contributed by atoms with Crippen molar-refractivity contribution in [3.8, 4) is 5.69 Å². The van der Waals surface area contributed by atoms with Gasteiger partial charge in [0.1, 0.15) is 0 Å². The highest BCUT2D eigenvalue weighted by Gasteiger charge is 2.18. The normalized spacial score (nSPS) is 14.6. The smallest absolute Gasteiger partial charge is 0.239 e. The average Bonchev–Trinajstić information content (AvgIpc) is 3.41. The Hall–Kier alpha value is -2.45. The van der Waals surface area contributed by atoms with Crippen LogP contribution in [0.4, 0.5) is 5.13 Å². The van der Waals surface area contributed by atoms with Crippen LogP contribution in [0.2, 0.25) is 0 Å². The van der Waals surface area contributed by atoms with E-state index in [0.29, 0.717) is 13.1 Å². The van der Waals surface area contributed by atoms with Crippen LogP contribution in [0.5, 0.6) is 0 Å². The summed E-state index contributed by atoms with van der Waals surface area (Å²) in [6.07, 6.45) is 2.54. The van der Waals surface area contributed by atoms with Crippen molar-refractivity contribution >= 4 is 32.7 Å². The summed E-state index contributed by atoms with van der Waals surface area (Å²) < 4.78 is 2.94. The summed E-state index contributed by atoms with van der Waals surface area (Å²) in [5, 5.41) is 8.51. The van der Waals surface area contributed by atoms with Gasteiger partial charge in [-0.1, -0.05) is 29.0 Å². The Morgan fingerprint density at radius 2 is 1.93 bits per heavy atom. The highest BCUT2D eigenvalue weighted by Crippen LogP contribution is 2.32. The second-order valence-electron chi connectivity index (χ2n) is 7.74. The fraction of sp³-hybridized carbons (Fsp3) is 0.476. The van der Waals surface area contributed by atoms with E-state index in [9.17, 15) is 4.79 Å². The van der Waals surface area contributed by atoms with Gasteiger partial charge in [0, 0.05) is 20.1 Å². The molecule has 4 rings (SSSR count). The van der Waals surface area contributed by atoms with Crippen molar-refractivity contribution in [1.29, 1.82) is 0 Å². The number of fused-ring (bicyclic) bond motifs is 1. The minimum Gasteiger partial charge on any atom is -0.353 e. The minimum atomic E-state index is 0.0304. The van der Waals surface area contributed by atoms with E-state index < -0.39 is 0 Å². The molecule has 1 amide bonds. The van der Waals surface area contributed by atoms with Gasteiger partial charge in [-0.2, -0.15) is 10.1 Å². The van der Waals surface area contributed by atoms with Gasteiger partial charge in [-0.3, -0.25) is 4.79 Å². The molecule has 0 aliphatic carbocycles. The molecule has 0 bridgehead atoms. The highest BCUT2D eigenvalue weighted by molar-refractivity contribution is 7.22. The Bertz CT molecular complexity index is 987. The molecule has 3 heterocycles. The summed E-state index contributed by atoms with van der Waals surface area (Å²) in [5.74, 6) is 0.0304. The largest absolute Gasteiger partial charge is 0.353 e. The molecule has 0 atom stereocenters. The lowest BCUT2D eigenvalue weighted by Crippen LogP contribution is -2.39. The monoisotopic (exact) mass is 412 g/mol. The molecule has 1 saturated heterocycles. The van der Waals surface area contributed by atoms with Crippen LogP contribution in [0.3, 0.4) is 0 Å². The predicted octanol–water partition coefficient (Wildman–Crippen LogP) is 2.75. The molecule has 154 valence electrons. The van der Waals surface area contributed by atoms with Crippen molar-refractivity contribution in [2.75, 3.05) is 44.7 Å². The van der Waals surface area contributed by atoms with Crippen LogP contribution in [-0.4, -0.2) is 65.3 Å². The molecule has 2 aromatic heterocycles. The molecule has 1 aromatic carbocycles. The number of carbonyl (C=O) groups excluding carboxylic acids is 1. The Morgan fingerprint density at radius 1 is 1.21 bits per heavy atom. The molecular formula is C21H28N6OS. The lowest BCUT2D eigenvalue weighted by Gasteiger charge is -2.17. The van der Waals surface area contributed by atoms with Crippen LogP contribution >= 0.6 is 11.3 Å². The summed E-state index contributed by atoms with van der Waals surface area (Å²) >= 11 is 1.58. The lowest BCUT2D eigenvalue weighted by atomic mass is 10.2. The van der Waals surface area contributed by atoms with Crippen LogP contribution in [0.25, 0.3) is 16.0 Å². The molecule has 8 heteroatoms. The molecule has 29 heavy (non-hydrogen) atoms. The number of likely N-dealkylation sites (N-methyl/N-ethyl adjacent to an activating group) is 1. The maximum atomic E-state index is 12.3.